The zero-order valence-corrected chi connectivity index (χ0v) is 16.0. The minimum Gasteiger partial charge on any atom is -0.442 e. The number of aliphatic hydroxyl groups excluding tert-OH is 1. The topological polar surface area (TPSA) is 114 Å². The number of anilines is 1. The number of aromatic nitrogens is 2. The van der Waals surface area contributed by atoms with Crippen molar-refractivity contribution in [3.63, 3.8) is 0 Å². The van der Waals surface area contributed by atoms with Crippen molar-refractivity contribution in [3.8, 4) is 10.6 Å². The van der Waals surface area contributed by atoms with E-state index in [9.17, 15) is 9.18 Å². The van der Waals surface area contributed by atoms with E-state index in [-0.39, 0.29) is 18.3 Å². The average Bonchev–Trinajstić information content (AvgIpc) is 3.26. The summed E-state index contributed by atoms with van der Waals surface area (Å²) < 4.78 is 19.9. The largest absolute Gasteiger partial charge is 0.442 e. The summed E-state index contributed by atoms with van der Waals surface area (Å²) >= 11 is 6.05. The number of carbonyl (C=O) groups is 1. The van der Waals surface area contributed by atoms with Crippen LogP contribution in [0.2, 0.25) is 0 Å². The van der Waals surface area contributed by atoms with E-state index in [1.165, 1.54) is 17.0 Å². The number of nitrogens with two attached hydrogens (primary N) is 1. The van der Waals surface area contributed by atoms with Crippen molar-refractivity contribution in [1.29, 1.82) is 0 Å². The van der Waals surface area contributed by atoms with Crippen LogP contribution in [-0.4, -0.2) is 52.2 Å². The number of hydrogen-bond donors (Lipinski definition) is 3. The average molecular weight is 411 g/mol. The summed E-state index contributed by atoms with van der Waals surface area (Å²) in [5.41, 5.74) is 6.33. The smallest absolute Gasteiger partial charge is 0.414 e. The van der Waals surface area contributed by atoms with Gasteiger partial charge < -0.3 is 20.9 Å². The first kappa shape index (κ1) is 19.5. The number of benzene rings is 1. The minimum absolute atomic E-state index is 0.245. The Morgan fingerprint density at radius 2 is 2.37 bits per heavy atom. The Kier molecular flexibility index (Phi) is 5.95. The molecule has 0 radical (unpaired) electrons. The summed E-state index contributed by atoms with van der Waals surface area (Å²) in [5, 5.41) is 20.6. The van der Waals surface area contributed by atoms with Crippen LogP contribution in [0.4, 0.5) is 14.9 Å². The van der Waals surface area contributed by atoms with Gasteiger partial charge in [-0.2, -0.15) is 0 Å². The number of carbonyl (C=O) groups excluding carboxylic acids is 1. The van der Waals surface area contributed by atoms with Crippen LogP contribution >= 0.6 is 23.6 Å². The van der Waals surface area contributed by atoms with Crippen LogP contribution in [0.1, 0.15) is 18.0 Å². The Morgan fingerprint density at radius 3 is 3.04 bits per heavy atom. The number of cyclic esters (lactones) is 1. The van der Waals surface area contributed by atoms with Crippen molar-refractivity contribution in [2.24, 2.45) is 5.73 Å². The number of rotatable bonds is 6. The van der Waals surface area contributed by atoms with Gasteiger partial charge in [-0.3, -0.25) is 4.90 Å². The molecule has 1 saturated heterocycles. The number of hydrogen-bond acceptors (Lipinski definition) is 8. The van der Waals surface area contributed by atoms with E-state index in [1.807, 2.05) is 0 Å². The summed E-state index contributed by atoms with van der Waals surface area (Å²) in [7, 11) is 0. The van der Waals surface area contributed by atoms with Gasteiger partial charge in [-0.05, 0) is 25.1 Å². The quantitative estimate of drug-likeness (QED) is 0.614. The first-order valence-corrected chi connectivity index (χ1v) is 9.34. The fraction of sp³-hybridized carbons (Fsp3) is 0.375. The molecule has 0 bridgehead atoms. The minimum atomic E-state index is -0.653. The van der Waals surface area contributed by atoms with Crippen molar-refractivity contribution in [3.05, 3.63) is 29.0 Å². The van der Waals surface area contributed by atoms with Crippen LogP contribution in [0.25, 0.3) is 10.6 Å². The van der Waals surface area contributed by atoms with Gasteiger partial charge in [0.25, 0.3) is 0 Å². The molecule has 2 heterocycles. The van der Waals surface area contributed by atoms with Gasteiger partial charge in [0.2, 0.25) is 0 Å². The molecule has 0 unspecified atom stereocenters. The van der Waals surface area contributed by atoms with Crippen LogP contribution in [0.3, 0.4) is 0 Å². The summed E-state index contributed by atoms with van der Waals surface area (Å²) in [4.78, 5) is 14.0. The Hall–Kier alpha value is -2.21. The fourth-order valence-corrected chi connectivity index (χ4v) is 3.46. The number of ether oxygens (including phenoxy) is 1. The number of thiocarbonyl (C=S) groups is 1. The molecule has 1 aromatic heterocycles. The molecule has 3 rings (SSSR count). The first-order chi connectivity index (χ1) is 12.9. The molecule has 0 aliphatic carbocycles. The fourth-order valence-electron chi connectivity index (χ4n) is 2.51. The standard InChI is InChI=1S/C16H18FN5O3S2/c1-8(26)19-5-10-6-22(16(24)25-10)9-2-3-11(12(17)4-9)14-20-21-15(27-14)13(18)7-23/h2-4,10,13,23H,5-7,18H2,1H3,(H,19,26)/t10-,13-/m0/s1. The van der Waals surface area contributed by atoms with E-state index >= 15 is 0 Å². The predicted molar refractivity (Wildman–Crippen MR) is 103 cm³/mol. The second-order valence-corrected chi connectivity index (χ2v) is 7.57. The number of halogens is 1. The highest BCUT2D eigenvalue weighted by Crippen LogP contribution is 2.31. The van der Waals surface area contributed by atoms with Gasteiger partial charge in [-0.1, -0.05) is 23.6 Å². The van der Waals surface area contributed by atoms with Gasteiger partial charge in [0.05, 0.1) is 36.4 Å². The summed E-state index contributed by atoms with van der Waals surface area (Å²) in [6, 6.07) is 3.75. The molecule has 8 nitrogen and oxygen atoms in total. The maximum atomic E-state index is 14.6. The molecular weight excluding hydrogens is 393 g/mol. The lowest BCUT2D eigenvalue weighted by Crippen LogP contribution is -2.32. The van der Waals surface area contributed by atoms with Crippen LogP contribution in [0, 0.1) is 5.82 Å². The van der Waals surface area contributed by atoms with Crippen molar-refractivity contribution >= 4 is 40.3 Å². The summed E-state index contributed by atoms with van der Waals surface area (Å²) in [6.07, 6.45) is -0.910. The molecule has 0 spiro atoms. The maximum absolute atomic E-state index is 14.6. The van der Waals surface area contributed by atoms with E-state index in [0.29, 0.717) is 33.8 Å². The molecule has 4 N–H and O–H groups in total. The Bertz CT molecular complexity index is 862. The molecule has 1 aliphatic heterocycles. The van der Waals surface area contributed by atoms with Crippen LogP contribution in [0.15, 0.2) is 18.2 Å². The molecular formula is C16H18FN5O3S2. The number of aliphatic hydroxyl groups is 1. The highest BCUT2D eigenvalue weighted by Gasteiger charge is 2.32. The third-order valence-electron chi connectivity index (χ3n) is 3.90. The maximum Gasteiger partial charge on any atom is 0.414 e. The van der Waals surface area contributed by atoms with Gasteiger partial charge in [-0.15, -0.1) is 10.2 Å². The van der Waals surface area contributed by atoms with Crippen LogP contribution in [0.5, 0.6) is 0 Å². The summed E-state index contributed by atoms with van der Waals surface area (Å²) in [5.74, 6) is -0.545. The third-order valence-corrected chi connectivity index (χ3v) is 5.13. The van der Waals surface area contributed by atoms with Gasteiger partial charge >= 0.3 is 6.09 Å². The second kappa shape index (κ2) is 8.21. The second-order valence-electron chi connectivity index (χ2n) is 5.95. The molecule has 2 atom stereocenters. The van der Waals surface area contributed by atoms with Crippen molar-refractivity contribution in [2.45, 2.75) is 19.1 Å². The molecule has 2 aromatic rings. The van der Waals surface area contributed by atoms with Gasteiger partial charge in [0.15, 0.2) is 5.01 Å². The molecule has 27 heavy (non-hydrogen) atoms. The first-order valence-electron chi connectivity index (χ1n) is 8.11. The van der Waals surface area contributed by atoms with E-state index in [4.69, 9.17) is 27.8 Å². The molecule has 1 fully saturated rings. The van der Waals surface area contributed by atoms with Gasteiger partial charge in [0, 0.05) is 5.56 Å². The van der Waals surface area contributed by atoms with E-state index in [0.717, 1.165) is 11.3 Å². The summed E-state index contributed by atoms with van der Waals surface area (Å²) in [6.45, 7) is 2.16. The van der Waals surface area contributed by atoms with Crippen molar-refractivity contribution < 1.29 is 19.0 Å². The number of nitrogens with one attached hydrogen (secondary N) is 1. The number of amides is 1. The van der Waals surface area contributed by atoms with Crippen LogP contribution < -0.4 is 16.0 Å². The lowest BCUT2D eigenvalue weighted by molar-refractivity contribution is 0.143. The molecule has 144 valence electrons. The highest BCUT2D eigenvalue weighted by atomic mass is 32.1. The number of nitrogens with zero attached hydrogens (tertiary/aromatic N) is 3. The van der Waals surface area contributed by atoms with Gasteiger partial charge in [-0.25, -0.2) is 9.18 Å². The highest BCUT2D eigenvalue weighted by molar-refractivity contribution is 7.80. The Labute approximate surface area is 164 Å². The normalized spacial score (nSPS) is 17.7. The monoisotopic (exact) mass is 411 g/mol. The lowest BCUT2D eigenvalue weighted by Gasteiger charge is -2.14. The molecule has 11 heteroatoms. The van der Waals surface area contributed by atoms with E-state index < -0.39 is 18.0 Å². The van der Waals surface area contributed by atoms with Crippen molar-refractivity contribution in [2.75, 3.05) is 24.6 Å². The SMILES string of the molecule is CC(=S)NC[C@H]1CN(c2ccc(-c3nnc([C@@H](N)CO)s3)c(F)c2)C(=O)O1. The van der Waals surface area contributed by atoms with Gasteiger partial charge in [0.1, 0.15) is 16.9 Å². The Balaban J connectivity index is 1.76. The van der Waals surface area contributed by atoms with Crippen LogP contribution in [-0.2, 0) is 4.74 Å². The predicted octanol–water partition coefficient (Wildman–Crippen LogP) is 1.60. The molecule has 1 aromatic carbocycles. The van der Waals surface area contributed by atoms with E-state index in [1.54, 1.807) is 13.0 Å². The molecule has 0 saturated carbocycles. The molecule has 1 amide bonds. The van der Waals surface area contributed by atoms with E-state index in [2.05, 4.69) is 15.5 Å². The Morgan fingerprint density at radius 1 is 1.59 bits per heavy atom. The van der Waals surface area contributed by atoms with Crippen molar-refractivity contribution in [1.82, 2.24) is 15.5 Å². The zero-order valence-electron chi connectivity index (χ0n) is 14.4. The third kappa shape index (κ3) is 4.38. The lowest BCUT2D eigenvalue weighted by atomic mass is 10.2. The zero-order chi connectivity index (χ0) is 19.6. The molecule has 1 aliphatic rings.